The van der Waals surface area contributed by atoms with E-state index in [0.717, 1.165) is 5.56 Å². The molecule has 2 aromatic rings. The molecule has 0 radical (unpaired) electrons. The molecule has 1 fully saturated rings. The van der Waals surface area contributed by atoms with Crippen LogP contribution in [0.15, 0.2) is 77.4 Å². The van der Waals surface area contributed by atoms with Crippen molar-refractivity contribution in [3.05, 3.63) is 94.1 Å². The molecule has 2 bridgehead atoms. The van der Waals surface area contributed by atoms with Crippen molar-refractivity contribution in [2.45, 2.75) is 32.2 Å². The molecule has 1 saturated carbocycles. The average molecular weight is 430 g/mol. The molecule has 0 spiro atoms. The molecule has 3 aliphatic rings. The quantitative estimate of drug-likeness (QED) is 0.323. The summed E-state index contributed by atoms with van der Waals surface area (Å²) in [5.74, 6) is -0.947. The van der Waals surface area contributed by atoms with Gasteiger partial charge in [0.2, 0.25) is 5.70 Å². The largest absolute Gasteiger partial charge is 0.612 e. The summed E-state index contributed by atoms with van der Waals surface area (Å²) in [7, 11) is 2.81. The molecule has 1 aliphatic heterocycles. The molecule has 0 aromatic heterocycles. The van der Waals surface area contributed by atoms with Crippen LogP contribution in [0.2, 0.25) is 0 Å². The lowest BCUT2D eigenvalue weighted by Crippen LogP contribution is -2.32. The van der Waals surface area contributed by atoms with Crippen LogP contribution in [0.1, 0.15) is 42.4 Å². The van der Waals surface area contributed by atoms with E-state index < -0.39 is 0 Å². The molecule has 5 rings (SSSR count). The van der Waals surface area contributed by atoms with Gasteiger partial charge in [-0.25, -0.2) is 4.79 Å². The number of ether oxygens (including phenoxy) is 2. The van der Waals surface area contributed by atoms with Gasteiger partial charge in [0.1, 0.15) is 5.95 Å². The number of esters is 1. The zero-order valence-corrected chi connectivity index (χ0v) is 18.8. The average Bonchev–Trinajstić information content (AvgIpc) is 3.43. The molecular weight excluding hydrogens is 402 g/mol. The van der Waals surface area contributed by atoms with Crippen LogP contribution in [0.4, 0.5) is 0 Å². The molecule has 4 atom stereocenters. The Kier molecular flexibility index (Phi) is 4.92. The summed E-state index contributed by atoms with van der Waals surface area (Å²) in [5.41, 5.74) is 7.20. The molecule has 2 aliphatic carbocycles. The van der Waals surface area contributed by atoms with Gasteiger partial charge >= 0.3 is 5.97 Å². The van der Waals surface area contributed by atoms with Crippen molar-refractivity contribution >= 4 is 11.7 Å². The van der Waals surface area contributed by atoms with Gasteiger partial charge in [0.05, 0.1) is 18.9 Å². The van der Waals surface area contributed by atoms with E-state index in [-0.39, 0.29) is 35.6 Å². The van der Waals surface area contributed by atoms with Crippen LogP contribution in [0, 0.1) is 11.8 Å². The summed E-state index contributed by atoms with van der Waals surface area (Å²) in [6.45, 7) is 4.67. The number of nitrogens with zero attached hydrogens (tertiary/aromatic N) is 1. The smallest absolute Gasteiger partial charge is 0.399 e. The van der Waals surface area contributed by atoms with E-state index in [4.69, 9.17) is 9.47 Å². The van der Waals surface area contributed by atoms with Gasteiger partial charge in [0.25, 0.3) is 5.71 Å². The van der Waals surface area contributed by atoms with Gasteiger partial charge in [-0.3, -0.25) is 0 Å². The van der Waals surface area contributed by atoms with E-state index in [9.17, 15) is 9.90 Å². The molecular formula is C27H27NO4. The van der Waals surface area contributed by atoms with Gasteiger partial charge in [0, 0.05) is 17.4 Å². The number of carbonyl (C=O) groups excluding carboxylic acids is 1. The summed E-state index contributed by atoms with van der Waals surface area (Å²) in [6.07, 6.45) is 0. The summed E-state index contributed by atoms with van der Waals surface area (Å²) in [4.78, 5) is 13.2. The number of carbonyl (C=O) groups is 1. The van der Waals surface area contributed by atoms with E-state index in [2.05, 4.69) is 38.1 Å². The standard InChI is InChI=1S/C27H27NO4/c1-15(2)19-20-17-12-8-9-13-18(17)21(19)23-22(20)24(26(29)31-3)28(25(23)27(30)32-4)14-16-10-6-5-7-11-16/h5-13,20-23H,14H2,1-4H3. The van der Waals surface area contributed by atoms with Crippen LogP contribution in [0.25, 0.3) is 0 Å². The van der Waals surface area contributed by atoms with Crippen LogP contribution >= 0.6 is 0 Å². The normalized spacial score (nSPS) is 26.7. The fourth-order valence-electron chi connectivity index (χ4n) is 6.20. The fourth-order valence-corrected chi connectivity index (χ4v) is 6.20. The predicted molar refractivity (Wildman–Crippen MR) is 119 cm³/mol. The van der Waals surface area contributed by atoms with Gasteiger partial charge < -0.3 is 14.6 Å². The molecule has 0 N–H and O–H groups in total. The minimum atomic E-state index is -0.382. The van der Waals surface area contributed by atoms with Crippen molar-refractivity contribution in [2.24, 2.45) is 11.8 Å². The van der Waals surface area contributed by atoms with Crippen molar-refractivity contribution < 1.29 is 24.0 Å². The number of allylic oxidation sites excluding steroid dienone is 3. The predicted octanol–water partition coefficient (Wildman–Crippen LogP) is 3.47. The minimum Gasteiger partial charge on any atom is -0.612 e. The Morgan fingerprint density at radius 1 is 0.906 bits per heavy atom. The first-order valence-electron chi connectivity index (χ1n) is 11.0. The molecule has 5 heteroatoms. The van der Waals surface area contributed by atoms with Gasteiger partial charge in [-0.1, -0.05) is 65.7 Å². The zero-order chi connectivity index (χ0) is 22.6. The third-order valence-corrected chi connectivity index (χ3v) is 7.20. The second-order valence-corrected chi connectivity index (χ2v) is 8.92. The summed E-state index contributed by atoms with van der Waals surface area (Å²) < 4.78 is 12.4. The van der Waals surface area contributed by atoms with E-state index in [1.807, 2.05) is 34.9 Å². The molecule has 1 heterocycles. The van der Waals surface area contributed by atoms with Crippen LogP contribution in [-0.2, 0) is 20.8 Å². The first-order valence-corrected chi connectivity index (χ1v) is 11.0. The number of fused-ring (bicyclic) bond motifs is 8. The maximum absolute atomic E-state index is 13.2. The molecule has 5 nitrogen and oxygen atoms in total. The van der Waals surface area contributed by atoms with Crippen LogP contribution in [0.3, 0.4) is 0 Å². The van der Waals surface area contributed by atoms with Gasteiger partial charge in [-0.15, -0.1) is 0 Å². The van der Waals surface area contributed by atoms with Crippen LogP contribution in [0.5, 0.6) is 0 Å². The number of hydrogen-bond donors (Lipinski definition) is 0. The van der Waals surface area contributed by atoms with E-state index in [0.29, 0.717) is 18.0 Å². The third kappa shape index (κ3) is 2.77. The lowest BCUT2D eigenvalue weighted by Gasteiger charge is -2.25. The highest BCUT2D eigenvalue weighted by Gasteiger charge is 2.66. The lowest BCUT2D eigenvalue weighted by atomic mass is 9.74. The third-order valence-electron chi connectivity index (χ3n) is 7.20. The summed E-state index contributed by atoms with van der Waals surface area (Å²) in [5, 5.41) is 13.2. The second kappa shape index (κ2) is 7.66. The van der Waals surface area contributed by atoms with Gasteiger partial charge in [0.15, 0.2) is 6.54 Å². The molecule has 0 saturated heterocycles. The molecule has 32 heavy (non-hydrogen) atoms. The van der Waals surface area contributed by atoms with Crippen molar-refractivity contribution in [1.82, 2.24) is 0 Å². The molecule has 0 amide bonds. The Labute approximate surface area is 188 Å². The van der Waals surface area contributed by atoms with Crippen molar-refractivity contribution in [3.8, 4) is 0 Å². The zero-order valence-electron chi connectivity index (χ0n) is 18.8. The molecule has 2 aromatic carbocycles. The number of methoxy groups -OCH3 is 2. The van der Waals surface area contributed by atoms with Crippen molar-refractivity contribution in [1.29, 1.82) is 0 Å². The minimum absolute atomic E-state index is 0.0562. The highest BCUT2D eigenvalue weighted by molar-refractivity contribution is 6.36. The van der Waals surface area contributed by atoms with Crippen molar-refractivity contribution in [3.63, 3.8) is 0 Å². The van der Waals surface area contributed by atoms with E-state index in [1.165, 1.54) is 36.5 Å². The van der Waals surface area contributed by atoms with Gasteiger partial charge in [-0.05, 0) is 32.1 Å². The number of rotatable bonds is 4. The number of hydrogen-bond acceptors (Lipinski definition) is 4. The Bertz CT molecular complexity index is 1190. The maximum atomic E-state index is 13.2. The summed E-state index contributed by atoms with van der Waals surface area (Å²) >= 11 is 0. The Hall–Kier alpha value is -3.34. The number of benzene rings is 2. The lowest BCUT2D eigenvalue weighted by molar-refractivity contribution is -0.510. The topological polar surface area (TPSA) is 61.6 Å². The second-order valence-electron chi connectivity index (χ2n) is 8.92. The Morgan fingerprint density at radius 2 is 1.50 bits per heavy atom. The van der Waals surface area contributed by atoms with E-state index in [1.54, 1.807) is 0 Å². The van der Waals surface area contributed by atoms with Crippen molar-refractivity contribution in [2.75, 3.05) is 14.2 Å². The van der Waals surface area contributed by atoms with Gasteiger partial charge in [-0.2, -0.15) is 4.58 Å². The first-order chi connectivity index (χ1) is 15.5. The molecule has 4 unspecified atom stereocenters. The monoisotopic (exact) mass is 429 g/mol. The summed E-state index contributed by atoms with van der Waals surface area (Å²) in [6, 6.07) is 18.3. The SMILES string of the molecule is COC(=O)C1=[N+](Cc2ccccc2)/C(=C(\[O-])OC)C2C3C(=C(C)C)C(c4ccccc43)C12. The van der Waals surface area contributed by atoms with Crippen LogP contribution < -0.4 is 5.11 Å². The maximum Gasteiger partial charge on any atom is 0.399 e. The molecule has 164 valence electrons. The van der Waals surface area contributed by atoms with Crippen LogP contribution in [-0.4, -0.2) is 30.5 Å². The fraction of sp³-hybridized carbons (Fsp3) is 0.333. The Balaban J connectivity index is 1.78. The Morgan fingerprint density at radius 3 is 2.06 bits per heavy atom. The highest BCUT2D eigenvalue weighted by Crippen LogP contribution is 2.67. The first kappa shape index (κ1) is 20.6. The van der Waals surface area contributed by atoms with E-state index >= 15 is 0 Å². The highest BCUT2D eigenvalue weighted by atomic mass is 16.6.